The van der Waals surface area contributed by atoms with Crippen LogP contribution in [0.2, 0.25) is 0 Å². The van der Waals surface area contributed by atoms with Crippen LogP contribution in [0.15, 0.2) is 48.5 Å². The highest BCUT2D eigenvalue weighted by Crippen LogP contribution is 2.25. The highest BCUT2D eigenvalue weighted by Gasteiger charge is 2.23. The van der Waals surface area contributed by atoms with Crippen molar-refractivity contribution in [3.05, 3.63) is 64.7 Å². The van der Waals surface area contributed by atoms with Crippen LogP contribution in [0.5, 0.6) is 5.75 Å². The Morgan fingerprint density at radius 1 is 1.07 bits per heavy atom. The molecule has 10 nitrogen and oxygen atoms in total. The maximum Gasteiger partial charge on any atom is 0.407 e. The number of aromatic nitrogens is 4. The van der Waals surface area contributed by atoms with Crippen LogP contribution in [0, 0.1) is 4.77 Å². The molecular weight excluding hydrogens is 542 g/mol. The van der Waals surface area contributed by atoms with Crippen LogP contribution >= 0.6 is 12.2 Å². The second-order valence-corrected chi connectivity index (χ2v) is 10.4. The minimum Gasteiger partial charge on any atom is -0.444 e. The van der Waals surface area contributed by atoms with Gasteiger partial charge in [-0.15, -0.1) is 0 Å². The largest absolute Gasteiger partial charge is 0.444 e. The van der Waals surface area contributed by atoms with Crippen molar-refractivity contribution in [2.75, 3.05) is 6.54 Å². The molecule has 4 rings (SSSR count). The zero-order valence-corrected chi connectivity index (χ0v) is 23.1. The van der Waals surface area contributed by atoms with Gasteiger partial charge in [-0.3, -0.25) is 9.89 Å². The molecule has 40 heavy (non-hydrogen) atoms. The first-order chi connectivity index (χ1) is 19.0. The highest BCUT2D eigenvalue weighted by atomic mass is 32.1. The van der Waals surface area contributed by atoms with E-state index in [-0.39, 0.29) is 16.1 Å². The van der Waals surface area contributed by atoms with Crippen LogP contribution in [0.25, 0.3) is 16.6 Å². The van der Waals surface area contributed by atoms with E-state index in [4.69, 9.17) is 21.9 Å². The zero-order valence-electron chi connectivity index (χ0n) is 22.2. The van der Waals surface area contributed by atoms with Gasteiger partial charge in [0.25, 0.3) is 5.91 Å². The maximum atomic E-state index is 13.2. The summed E-state index contributed by atoms with van der Waals surface area (Å²) in [4.78, 5) is 34.3. The molecule has 0 spiro atoms. The molecule has 2 heterocycles. The number of H-pyrrole nitrogens is 1. The summed E-state index contributed by atoms with van der Waals surface area (Å²) in [7, 11) is 0. The van der Waals surface area contributed by atoms with E-state index in [1.807, 2.05) is 24.3 Å². The minimum absolute atomic E-state index is 0.0424. The van der Waals surface area contributed by atoms with Gasteiger partial charge in [0.1, 0.15) is 17.2 Å². The molecule has 2 aromatic heterocycles. The Morgan fingerprint density at radius 2 is 1.80 bits per heavy atom. The number of halogens is 2. The number of aromatic amines is 1. The van der Waals surface area contributed by atoms with Crippen LogP contribution in [0.1, 0.15) is 62.3 Å². The van der Waals surface area contributed by atoms with Crippen molar-refractivity contribution in [3.63, 3.8) is 0 Å². The smallest absolute Gasteiger partial charge is 0.407 e. The number of nitrogens with zero attached hydrogens (tertiary/aromatic N) is 3. The van der Waals surface area contributed by atoms with Gasteiger partial charge >= 0.3 is 12.7 Å². The molecule has 0 fully saturated rings. The van der Waals surface area contributed by atoms with Crippen molar-refractivity contribution >= 4 is 40.8 Å². The second-order valence-electron chi connectivity index (χ2n) is 10.0. The van der Waals surface area contributed by atoms with E-state index in [0.29, 0.717) is 42.8 Å². The Hall–Kier alpha value is -4.13. The first-order valence-electron chi connectivity index (χ1n) is 12.7. The molecule has 0 aliphatic heterocycles. The molecule has 2 amide bonds. The lowest BCUT2D eigenvalue weighted by atomic mass is 10.1. The summed E-state index contributed by atoms with van der Waals surface area (Å²) in [5, 5.41) is 9.49. The van der Waals surface area contributed by atoms with Gasteiger partial charge < -0.3 is 20.1 Å². The molecule has 0 saturated heterocycles. The Kier molecular flexibility index (Phi) is 8.93. The number of para-hydroxylation sites is 2. The van der Waals surface area contributed by atoms with Crippen LogP contribution in [-0.2, 0) is 4.74 Å². The predicted octanol–water partition coefficient (Wildman–Crippen LogP) is 5.71. The van der Waals surface area contributed by atoms with Gasteiger partial charge in [0.05, 0.1) is 17.1 Å². The number of unbranched alkanes of at least 4 members (excludes halogenated alkanes) is 1. The van der Waals surface area contributed by atoms with E-state index >= 15 is 0 Å². The van der Waals surface area contributed by atoms with E-state index in [9.17, 15) is 18.4 Å². The Morgan fingerprint density at radius 3 is 2.55 bits per heavy atom. The first-order valence-corrected chi connectivity index (χ1v) is 13.1. The molecular formula is C27H30F2N6O4S. The fourth-order valence-electron chi connectivity index (χ4n) is 4.09. The third-order valence-corrected chi connectivity index (χ3v) is 6.06. The average Bonchev–Trinajstić information content (AvgIpc) is 3.33. The van der Waals surface area contributed by atoms with Crippen molar-refractivity contribution < 1.29 is 27.8 Å². The molecule has 0 saturated carbocycles. The fourth-order valence-corrected chi connectivity index (χ4v) is 4.32. The number of rotatable bonds is 10. The Bertz CT molecular complexity index is 1570. The van der Waals surface area contributed by atoms with Gasteiger partial charge in [0, 0.05) is 11.9 Å². The summed E-state index contributed by atoms with van der Waals surface area (Å²) in [6.07, 6.45) is 1.06. The number of carbonyl (C=O) groups is 2. The lowest BCUT2D eigenvalue weighted by Gasteiger charge is -2.20. The third kappa shape index (κ3) is 7.29. The molecule has 0 bridgehead atoms. The second kappa shape index (κ2) is 12.4. The summed E-state index contributed by atoms with van der Waals surface area (Å²) in [5.41, 5.74) is 0.570. The van der Waals surface area contributed by atoms with E-state index < -0.39 is 30.3 Å². The van der Waals surface area contributed by atoms with Gasteiger partial charge in [-0.1, -0.05) is 24.3 Å². The molecule has 13 heteroatoms. The molecule has 3 N–H and O–H groups in total. The quantitative estimate of drug-likeness (QED) is 0.164. The highest BCUT2D eigenvalue weighted by molar-refractivity contribution is 7.71. The van der Waals surface area contributed by atoms with E-state index in [2.05, 4.69) is 25.5 Å². The number of hydrogen-bond donors (Lipinski definition) is 3. The lowest BCUT2D eigenvalue weighted by molar-refractivity contribution is -0.0501. The Balaban J connectivity index is 1.57. The van der Waals surface area contributed by atoms with Crippen molar-refractivity contribution in [2.45, 2.75) is 58.3 Å². The van der Waals surface area contributed by atoms with Crippen LogP contribution < -0.4 is 15.4 Å². The number of benzene rings is 2. The summed E-state index contributed by atoms with van der Waals surface area (Å²) < 4.78 is 37.5. The monoisotopic (exact) mass is 572 g/mol. The zero-order chi connectivity index (χ0) is 28.9. The number of alkyl halides is 2. The van der Waals surface area contributed by atoms with Gasteiger partial charge in [-0.2, -0.15) is 8.78 Å². The van der Waals surface area contributed by atoms with E-state index in [1.54, 1.807) is 31.4 Å². The maximum absolute atomic E-state index is 13.2. The third-order valence-electron chi connectivity index (χ3n) is 5.79. The minimum atomic E-state index is -3.08. The molecule has 0 aliphatic rings. The van der Waals surface area contributed by atoms with Crippen molar-refractivity contribution in [1.29, 1.82) is 0 Å². The lowest BCUT2D eigenvalue weighted by Crippen LogP contribution is -2.33. The van der Waals surface area contributed by atoms with Crippen LogP contribution in [-0.4, -0.2) is 50.3 Å². The van der Waals surface area contributed by atoms with Crippen LogP contribution in [0.4, 0.5) is 13.6 Å². The molecule has 0 radical (unpaired) electrons. The Labute approximate surface area is 234 Å². The van der Waals surface area contributed by atoms with Gasteiger partial charge in [0.15, 0.2) is 5.65 Å². The fraction of sp³-hybridized carbons (Fsp3) is 0.370. The van der Waals surface area contributed by atoms with E-state index in [1.165, 1.54) is 18.2 Å². The molecule has 2 aromatic carbocycles. The summed E-state index contributed by atoms with van der Waals surface area (Å²) in [5.74, 6) is -0.442. The van der Waals surface area contributed by atoms with Gasteiger partial charge in [-0.25, -0.2) is 19.3 Å². The molecule has 1 atom stereocenters. The number of amides is 2. The topological polar surface area (TPSA) is 123 Å². The predicted molar refractivity (Wildman–Crippen MR) is 147 cm³/mol. The number of ether oxygens (including phenoxy) is 2. The van der Waals surface area contributed by atoms with Gasteiger partial charge in [-0.05, 0) is 76.5 Å². The number of nitrogens with one attached hydrogen (secondary N) is 3. The molecule has 0 aliphatic carbocycles. The number of hydrogen-bond acceptors (Lipinski definition) is 7. The number of alkyl carbamates (subject to hydrolysis) is 1. The summed E-state index contributed by atoms with van der Waals surface area (Å²) >= 11 is 5.44. The molecule has 1 unspecified atom stereocenters. The first kappa shape index (κ1) is 28.9. The van der Waals surface area contributed by atoms with Crippen molar-refractivity contribution in [1.82, 2.24) is 30.2 Å². The van der Waals surface area contributed by atoms with Crippen LogP contribution in [0.3, 0.4) is 0 Å². The van der Waals surface area contributed by atoms with Crippen molar-refractivity contribution in [2.24, 2.45) is 0 Å². The standard InChI is InChI=1S/C27H30F2N6O4S/c1-27(2,3)39-26(37)30-15-9-8-13-19(31-23(36)17-11-5-7-14-20(17)38-24(28)29)21-33-22-16-10-4-6-12-18(16)32-25(40)35(22)34-21/h4-7,10-12,14,19,24H,8-9,13,15H2,1-3H3,(H,30,37)(H,31,36)(H,33,34). The average molecular weight is 573 g/mol. The van der Waals surface area contributed by atoms with Crippen molar-refractivity contribution in [3.8, 4) is 5.75 Å². The van der Waals surface area contributed by atoms with Gasteiger partial charge in [0.2, 0.25) is 4.77 Å². The SMILES string of the molecule is CC(C)(C)OC(=O)NCCCCC(NC(=O)c1ccccc1OC(F)F)c1nc2c3ccccc3nc(=S)n2[nH]1. The molecule has 212 valence electrons. The number of carbonyl (C=O) groups excluding carboxylic acids is 2. The van der Waals surface area contributed by atoms with E-state index in [0.717, 1.165) is 5.39 Å². The normalized spacial score (nSPS) is 12.4. The number of fused-ring (bicyclic) bond motifs is 3. The molecule has 4 aromatic rings. The summed E-state index contributed by atoms with van der Waals surface area (Å²) in [6, 6.07) is 12.5. The summed E-state index contributed by atoms with van der Waals surface area (Å²) in [6.45, 7) is 2.62.